The Kier molecular flexibility index (Phi) is 7.46. The van der Waals surface area contributed by atoms with Gasteiger partial charge in [0.25, 0.3) is 11.8 Å². The third-order valence-corrected chi connectivity index (χ3v) is 7.18. The van der Waals surface area contributed by atoms with E-state index >= 15 is 0 Å². The Morgan fingerprint density at radius 2 is 1.74 bits per heavy atom. The van der Waals surface area contributed by atoms with Gasteiger partial charge in [-0.25, -0.2) is 4.79 Å². The van der Waals surface area contributed by atoms with Crippen molar-refractivity contribution in [3.05, 3.63) is 116 Å². The molecule has 7 nitrogen and oxygen atoms in total. The number of aromatic nitrogens is 1. The van der Waals surface area contributed by atoms with Crippen LogP contribution in [0, 0.1) is 6.92 Å². The highest BCUT2D eigenvalue weighted by molar-refractivity contribution is 6.37. The Labute approximate surface area is 235 Å². The lowest BCUT2D eigenvalue weighted by atomic mass is 10.1. The van der Waals surface area contributed by atoms with Crippen molar-refractivity contribution in [3.8, 4) is 0 Å². The van der Waals surface area contributed by atoms with Crippen molar-refractivity contribution in [1.29, 1.82) is 0 Å². The molecule has 198 valence electrons. The number of hydrogen-bond donors (Lipinski definition) is 1. The number of para-hydroxylation sites is 1. The van der Waals surface area contributed by atoms with Gasteiger partial charge < -0.3 is 19.5 Å². The summed E-state index contributed by atoms with van der Waals surface area (Å²) in [5.74, 6) is -0.968. The van der Waals surface area contributed by atoms with Crippen LogP contribution >= 0.6 is 23.2 Å². The van der Waals surface area contributed by atoms with E-state index in [4.69, 9.17) is 27.9 Å². The Balaban J connectivity index is 1.43. The maximum Gasteiger partial charge on any atom is 0.354 e. The quantitative estimate of drug-likeness (QED) is 0.273. The van der Waals surface area contributed by atoms with Crippen LogP contribution in [0.5, 0.6) is 0 Å². The summed E-state index contributed by atoms with van der Waals surface area (Å²) in [5, 5.41) is 3.55. The molecule has 2 heterocycles. The average molecular weight is 562 g/mol. The van der Waals surface area contributed by atoms with Crippen LogP contribution in [-0.4, -0.2) is 29.0 Å². The fraction of sp³-hybridized carbons (Fsp3) is 0.167. The number of carbonyl (C=O) groups excluding carboxylic acids is 3. The number of halogens is 2. The van der Waals surface area contributed by atoms with Crippen LogP contribution in [0.1, 0.15) is 54.9 Å². The van der Waals surface area contributed by atoms with Crippen molar-refractivity contribution in [2.45, 2.75) is 26.9 Å². The number of aryl methyl sites for hydroxylation is 1. The highest BCUT2D eigenvalue weighted by atomic mass is 35.5. The molecule has 2 amide bonds. The number of esters is 1. The molecule has 9 heteroatoms. The maximum absolute atomic E-state index is 13.9. The molecule has 1 aliphatic rings. The van der Waals surface area contributed by atoms with Crippen LogP contribution in [0.2, 0.25) is 10.0 Å². The number of amides is 2. The van der Waals surface area contributed by atoms with Crippen molar-refractivity contribution < 1.29 is 19.1 Å². The van der Waals surface area contributed by atoms with Crippen molar-refractivity contribution in [2.24, 2.45) is 0 Å². The molecule has 4 aromatic rings. The Hall–Kier alpha value is -4.07. The van der Waals surface area contributed by atoms with Gasteiger partial charge in [0.1, 0.15) is 5.69 Å². The Bertz CT molecular complexity index is 1610. The van der Waals surface area contributed by atoms with E-state index in [1.807, 2.05) is 41.8 Å². The molecule has 1 aliphatic heterocycles. The molecule has 0 saturated heterocycles. The molecule has 1 N–H and O–H groups in total. The molecule has 0 saturated carbocycles. The van der Waals surface area contributed by atoms with Crippen molar-refractivity contribution in [2.75, 3.05) is 16.8 Å². The third-order valence-electron chi connectivity index (χ3n) is 6.63. The summed E-state index contributed by atoms with van der Waals surface area (Å²) in [6, 6.07) is 21.0. The average Bonchev–Trinajstić information content (AvgIpc) is 3.22. The van der Waals surface area contributed by atoms with Gasteiger partial charge in [-0.15, -0.1) is 0 Å². The molecule has 0 aliphatic carbocycles. The van der Waals surface area contributed by atoms with Crippen LogP contribution in [-0.2, 0) is 17.8 Å². The van der Waals surface area contributed by atoms with E-state index in [0.29, 0.717) is 34.1 Å². The minimum atomic E-state index is -0.394. The first-order chi connectivity index (χ1) is 18.8. The van der Waals surface area contributed by atoms with Crippen LogP contribution in [0.4, 0.5) is 11.4 Å². The zero-order valence-electron chi connectivity index (χ0n) is 21.3. The number of anilines is 2. The fourth-order valence-corrected chi connectivity index (χ4v) is 5.17. The zero-order chi connectivity index (χ0) is 27.7. The van der Waals surface area contributed by atoms with Gasteiger partial charge in [-0.3, -0.25) is 9.59 Å². The summed E-state index contributed by atoms with van der Waals surface area (Å²) in [4.78, 5) is 40.9. The molecule has 39 heavy (non-hydrogen) atoms. The molecular formula is C30H25Cl2N3O4. The lowest BCUT2D eigenvalue weighted by molar-refractivity contribution is 0.0514. The largest absolute Gasteiger partial charge is 0.461 e. The Morgan fingerprint density at radius 3 is 2.49 bits per heavy atom. The number of fused-ring (bicyclic) bond motifs is 2. The number of benzene rings is 3. The number of nitrogens with zero attached hydrogens (tertiary/aromatic N) is 2. The van der Waals surface area contributed by atoms with Crippen molar-refractivity contribution >= 4 is 52.4 Å². The van der Waals surface area contributed by atoms with E-state index < -0.39 is 5.97 Å². The Morgan fingerprint density at radius 1 is 0.949 bits per heavy atom. The molecule has 5 rings (SSSR count). The van der Waals surface area contributed by atoms with E-state index in [0.717, 1.165) is 22.5 Å². The zero-order valence-corrected chi connectivity index (χ0v) is 22.8. The topological polar surface area (TPSA) is 80.6 Å². The van der Waals surface area contributed by atoms with E-state index in [-0.39, 0.29) is 30.0 Å². The van der Waals surface area contributed by atoms with Crippen molar-refractivity contribution in [3.63, 3.8) is 0 Å². The summed E-state index contributed by atoms with van der Waals surface area (Å²) >= 11 is 12.1. The molecular weight excluding hydrogens is 537 g/mol. The number of carbonyl (C=O) groups is 3. The first kappa shape index (κ1) is 26.5. The molecule has 0 fully saturated rings. The molecule has 0 atom stereocenters. The monoisotopic (exact) mass is 561 g/mol. The number of rotatable bonds is 5. The van der Waals surface area contributed by atoms with E-state index in [9.17, 15) is 14.4 Å². The molecule has 3 aromatic carbocycles. The summed E-state index contributed by atoms with van der Waals surface area (Å²) in [5.41, 5.74) is 5.00. The predicted molar refractivity (Wildman–Crippen MR) is 152 cm³/mol. The van der Waals surface area contributed by atoms with Crippen LogP contribution < -0.4 is 10.2 Å². The minimum absolute atomic E-state index is 0.198. The summed E-state index contributed by atoms with van der Waals surface area (Å²) < 4.78 is 7.13. The standard InChI is InChI=1S/C30H25Cl2N3O4/c1-3-39-30(38)27-13-10-22-17-35(26-7-5-4-6-20(26)16-34(22)27)29(37)19-8-12-25(18(2)14-19)33-28(36)23-11-9-21(31)15-24(23)32/h4-15H,3,16-17H2,1-2H3,(H,33,36). The van der Waals surface area contributed by atoms with Crippen LogP contribution in [0.3, 0.4) is 0 Å². The smallest absolute Gasteiger partial charge is 0.354 e. The lowest BCUT2D eigenvalue weighted by Crippen LogP contribution is -2.30. The first-order valence-electron chi connectivity index (χ1n) is 12.4. The van der Waals surface area contributed by atoms with Gasteiger partial charge in [0.05, 0.1) is 30.3 Å². The first-order valence-corrected chi connectivity index (χ1v) is 13.1. The SMILES string of the molecule is CCOC(=O)c1ccc2n1Cc1ccccc1N(C(=O)c1ccc(NC(=O)c3ccc(Cl)cc3Cl)c(C)c1)C2. The van der Waals surface area contributed by atoms with Gasteiger partial charge in [0.15, 0.2) is 0 Å². The summed E-state index contributed by atoms with van der Waals surface area (Å²) in [7, 11) is 0. The lowest BCUT2D eigenvalue weighted by Gasteiger charge is -2.23. The van der Waals surface area contributed by atoms with Gasteiger partial charge in [-0.2, -0.15) is 0 Å². The molecule has 0 spiro atoms. The second kappa shape index (κ2) is 11.0. The van der Waals surface area contributed by atoms with Gasteiger partial charge in [0.2, 0.25) is 0 Å². The third kappa shape index (κ3) is 5.28. The minimum Gasteiger partial charge on any atom is -0.461 e. The van der Waals surface area contributed by atoms with E-state index in [1.54, 1.807) is 48.2 Å². The number of hydrogen-bond acceptors (Lipinski definition) is 4. The fourth-order valence-electron chi connectivity index (χ4n) is 4.68. The molecule has 0 radical (unpaired) electrons. The van der Waals surface area contributed by atoms with Crippen LogP contribution in [0.15, 0.2) is 72.8 Å². The molecule has 0 bridgehead atoms. The van der Waals surface area contributed by atoms with Crippen molar-refractivity contribution in [1.82, 2.24) is 4.57 Å². The van der Waals surface area contributed by atoms with E-state index in [1.165, 1.54) is 6.07 Å². The van der Waals surface area contributed by atoms with Gasteiger partial charge >= 0.3 is 5.97 Å². The second-order valence-electron chi connectivity index (χ2n) is 9.14. The van der Waals surface area contributed by atoms with Gasteiger partial charge in [-0.05, 0) is 79.6 Å². The maximum atomic E-state index is 13.9. The van der Waals surface area contributed by atoms with Gasteiger partial charge in [-0.1, -0.05) is 41.4 Å². The van der Waals surface area contributed by atoms with E-state index in [2.05, 4.69) is 5.32 Å². The molecule has 0 unspecified atom stereocenters. The summed E-state index contributed by atoms with van der Waals surface area (Å²) in [6.07, 6.45) is 0. The summed E-state index contributed by atoms with van der Waals surface area (Å²) in [6.45, 7) is 4.59. The van der Waals surface area contributed by atoms with Crippen LogP contribution in [0.25, 0.3) is 0 Å². The number of ether oxygens (including phenoxy) is 1. The highest BCUT2D eigenvalue weighted by Gasteiger charge is 2.28. The number of nitrogens with one attached hydrogen (secondary N) is 1. The highest BCUT2D eigenvalue weighted by Crippen LogP contribution is 2.31. The normalized spacial score (nSPS) is 12.3. The van der Waals surface area contributed by atoms with Gasteiger partial charge in [0, 0.05) is 27.7 Å². The molecule has 1 aromatic heterocycles. The predicted octanol–water partition coefficient (Wildman–Crippen LogP) is 6.74. The second-order valence-corrected chi connectivity index (χ2v) is 9.99.